The van der Waals surface area contributed by atoms with E-state index in [1.54, 1.807) is 14.0 Å². The SMILES string of the molecule is CCc1c(CC(C)C)c(/C(C)=C/C(=C(/COC=C2CCC2)C(C)=O)C(C)OC)nc2ccc(OCCOCNC(=O)CNC=C3CCC3)cc12. The van der Waals surface area contributed by atoms with Gasteiger partial charge in [0, 0.05) is 18.1 Å². The van der Waals surface area contributed by atoms with E-state index in [9.17, 15) is 9.59 Å². The van der Waals surface area contributed by atoms with Crippen LogP contribution in [0.15, 0.2) is 59.0 Å². The Morgan fingerprint density at radius 2 is 1.74 bits per heavy atom. The Balaban J connectivity index is 1.51. The number of fused-ring (bicyclic) bond motifs is 1. The van der Waals surface area contributed by atoms with E-state index in [4.69, 9.17) is 23.9 Å². The second kappa shape index (κ2) is 19.4. The maximum absolute atomic E-state index is 12.9. The Bertz CT molecular complexity index is 1610. The number of hydrogen-bond acceptors (Lipinski definition) is 8. The highest BCUT2D eigenvalue weighted by Gasteiger charge is 2.21. The number of carbonyl (C=O) groups is 2. The van der Waals surface area contributed by atoms with Crippen molar-refractivity contribution in [3.8, 4) is 5.75 Å². The molecule has 2 aliphatic carbocycles. The van der Waals surface area contributed by atoms with Gasteiger partial charge in [-0.1, -0.05) is 32.4 Å². The summed E-state index contributed by atoms with van der Waals surface area (Å²) >= 11 is 0. The fourth-order valence-electron chi connectivity index (χ4n) is 6.10. The monoisotopic (exact) mass is 687 g/mol. The van der Waals surface area contributed by atoms with E-state index >= 15 is 0 Å². The molecular weight excluding hydrogens is 630 g/mol. The molecule has 2 fully saturated rings. The van der Waals surface area contributed by atoms with Crippen molar-refractivity contribution in [2.45, 2.75) is 99.0 Å². The third kappa shape index (κ3) is 11.0. The van der Waals surface area contributed by atoms with Gasteiger partial charge in [-0.05, 0) is 130 Å². The second-order valence-corrected chi connectivity index (χ2v) is 13.7. The Morgan fingerprint density at radius 1 is 1.00 bits per heavy atom. The lowest BCUT2D eigenvalue weighted by Gasteiger charge is -2.21. The van der Waals surface area contributed by atoms with Crippen molar-refractivity contribution in [1.29, 1.82) is 0 Å². The predicted molar refractivity (Wildman–Crippen MR) is 200 cm³/mol. The van der Waals surface area contributed by atoms with E-state index in [2.05, 4.69) is 50.5 Å². The standard InChI is InChI=1S/C41H57N3O6/c1-8-34-36-21-33(50-18-17-48-26-43-40(46)23-42-22-31-11-9-12-31)15-16-39(36)44-41(37(34)19-27(2)3)28(4)20-35(30(6)47-7)38(29(5)45)25-49-24-32-13-10-14-32/h15-16,20-22,24,27,30,42H,8-14,17-19,23,25-26H2,1-7H3,(H,43,46)/b28-20+,38-35+. The number of pyridine rings is 1. The quantitative estimate of drug-likeness (QED) is 0.0484. The molecule has 0 bridgehead atoms. The van der Waals surface area contributed by atoms with Gasteiger partial charge in [-0.25, -0.2) is 4.98 Å². The van der Waals surface area contributed by atoms with Crippen LogP contribution in [0.3, 0.4) is 0 Å². The summed E-state index contributed by atoms with van der Waals surface area (Å²) in [7, 11) is 1.66. The van der Waals surface area contributed by atoms with E-state index in [0.29, 0.717) is 24.7 Å². The van der Waals surface area contributed by atoms with E-state index < -0.39 is 0 Å². The van der Waals surface area contributed by atoms with Crippen molar-refractivity contribution in [2.75, 3.05) is 40.2 Å². The normalized spacial score (nSPS) is 15.6. The summed E-state index contributed by atoms with van der Waals surface area (Å²) in [4.78, 5) is 30.1. The lowest BCUT2D eigenvalue weighted by Crippen LogP contribution is -2.34. The summed E-state index contributed by atoms with van der Waals surface area (Å²) in [6.07, 6.45) is 14.0. The lowest BCUT2D eigenvalue weighted by molar-refractivity contribution is -0.122. The Kier molecular flexibility index (Phi) is 15.1. The summed E-state index contributed by atoms with van der Waals surface area (Å²) < 4.78 is 23.3. The van der Waals surface area contributed by atoms with E-state index in [-0.39, 0.29) is 37.7 Å². The Morgan fingerprint density at radius 3 is 2.36 bits per heavy atom. The first-order chi connectivity index (χ1) is 24.1. The molecule has 2 aromatic rings. The van der Waals surface area contributed by atoms with Gasteiger partial charge in [0.05, 0.1) is 36.7 Å². The van der Waals surface area contributed by atoms with Crippen LogP contribution in [0.4, 0.5) is 0 Å². The summed E-state index contributed by atoms with van der Waals surface area (Å²) in [5.74, 6) is 1.01. The molecule has 0 spiro atoms. The largest absolute Gasteiger partial charge is 0.496 e. The number of methoxy groups -OCH3 is 1. The minimum absolute atomic E-state index is 0.0319. The molecule has 1 atom stereocenters. The van der Waals surface area contributed by atoms with E-state index in [1.807, 2.05) is 31.5 Å². The molecule has 2 aliphatic rings. The molecule has 1 unspecified atom stereocenters. The van der Waals surface area contributed by atoms with Crippen molar-refractivity contribution < 1.29 is 28.5 Å². The molecule has 1 amide bonds. The molecule has 9 heteroatoms. The summed E-state index contributed by atoms with van der Waals surface area (Å²) in [5, 5.41) is 6.88. The number of ether oxygens (including phenoxy) is 4. The van der Waals surface area contributed by atoms with Crippen molar-refractivity contribution in [1.82, 2.24) is 15.6 Å². The molecule has 2 N–H and O–H groups in total. The highest BCUT2D eigenvalue weighted by molar-refractivity contribution is 5.95. The molecule has 4 rings (SSSR count). The number of aryl methyl sites for hydroxylation is 1. The number of nitrogens with one attached hydrogen (secondary N) is 2. The van der Waals surface area contributed by atoms with Crippen LogP contribution in [-0.4, -0.2) is 63.0 Å². The Hall–Kier alpha value is -3.95. The van der Waals surface area contributed by atoms with Gasteiger partial charge in [-0.3, -0.25) is 9.59 Å². The zero-order valence-corrected chi connectivity index (χ0v) is 31.2. The number of aromatic nitrogens is 1. The number of nitrogens with zero attached hydrogens (tertiary/aromatic N) is 1. The number of ketones is 1. The fourth-order valence-corrected chi connectivity index (χ4v) is 6.10. The van der Waals surface area contributed by atoms with Crippen LogP contribution in [-0.2, 0) is 36.6 Å². The van der Waals surface area contributed by atoms with Gasteiger partial charge in [-0.2, -0.15) is 0 Å². The molecular formula is C41H57N3O6. The number of allylic oxidation sites excluding steroid dienone is 3. The average Bonchev–Trinajstić information content (AvgIpc) is 3.04. The first-order valence-electron chi connectivity index (χ1n) is 18.2. The molecule has 272 valence electrons. The highest BCUT2D eigenvalue weighted by atomic mass is 16.5. The van der Waals surface area contributed by atoms with Gasteiger partial charge in [0.1, 0.15) is 25.7 Å². The number of Topliss-reactive ketones (excluding diaryl/α,β-unsaturated/α-hetero) is 1. The van der Waals surface area contributed by atoms with Crippen LogP contribution >= 0.6 is 0 Å². The first-order valence-corrected chi connectivity index (χ1v) is 18.2. The minimum Gasteiger partial charge on any atom is -0.496 e. The molecule has 0 radical (unpaired) electrons. The van der Waals surface area contributed by atoms with Gasteiger partial charge < -0.3 is 29.6 Å². The zero-order valence-electron chi connectivity index (χ0n) is 31.2. The molecule has 9 nitrogen and oxygen atoms in total. The Labute approximate surface area is 298 Å². The number of carbonyl (C=O) groups excluding carboxylic acids is 2. The number of benzene rings is 1. The van der Waals surface area contributed by atoms with Crippen LogP contribution in [0.5, 0.6) is 5.75 Å². The van der Waals surface area contributed by atoms with Crippen LogP contribution in [0, 0.1) is 5.92 Å². The van der Waals surface area contributed by atoms with Crippen LogP contribution in [0.2, 0.25) is 0 Å². The van der Waals surface area contributed by atoms with E-state index in [0.717, 1.165) is 72.0 Å². The van der Waals surface area contributed by atoms with Crippen molar-refractivity contribution >= 4 is 28.2 Å². The van der Waals surface area contributed by atoms with E-state index in [1.165, 1.54) is 35.1 Å². The molecule has 0 saturated heterocycles. The summed E-state index contributed by atoms with van der Waals surface area (Å²) in [5.41, 5.74) is 9.31. The first kappa shape index (κ1) is 38.8. The molecule has 1 aromatic carbocycles. The van der Waals surface area contributed by atoms with Crippen LogP contribution in [0.25, 0.3) is 16.5 Å². The van der Waals surface area contributed by atoms with Crippen LogP contribution < -0.4 is 15.4 Å². The predicted octanol–water partition coefficient (Wildman–Crippen LogP) is 7.53. The molecule has 0 aliphatic heterocycles. The van der Waals surface area contributed by atoms with Crippen molar-refractivity contribution in [3.63, 3.8) is 0 Å². The van der Waals surface area contributed by atoms with Gasteiger partial charge in [0.25, 0.3) is 0 Å². The lowest BCUT2D eigenvalue weighted by atomic mass is 9.89. The van der Waals surface area contributed by atoms with Gasteiger partial charge in [0.2, 0.25) is 5.91 Å². The van der Waals surface area contributed by atoms with Gasteiger partial charge in [0.15, 0.2) is 5.78 Å². The summed E-state index contributed by atoms with van der Waals surface area (Å²) in [6.45, 7) is 13.5. The third-order valence-corrected chi connectivity index (χ3v) is 9.36. The van der Waals surface area contributed by atoms with Gasteiger partial charge in [-0.15, -0.1) is 0 Å². The number of amides is 1. The molecule has 2 saturated carbocycles. The van der Waals surface area contributed by atoms with Gasteiger partial charge >= 0.3 is 0 Å². The number of rotatable bonds is 20. The average molecular weight is 688 g/mol. The molecule has 1 aromatic heterocycles. The topological polar surface area (TPSA) is 108 Å². The molecule has 1 heterocycles. The number of hydrogen-bond donors (Lipinski definition) is 2. The van der Waals surface area contributed by atoms with Crippen molar-refractivity contribution in [3.05, 3.63) is 75.9 Å². The van der Waals surface area contributed by atoms with Crippen LogP contribution in [0.1, 0.15) is 96.9 Å². The molecule has 50 heavy (non-hydrogen) atoms. The summed E-state index contributed by atoms with van der Waals surface area (Å²) in [6, 6.07) is 6.01. The second-order valence-electron chi connectivity index (χ2n) is 13.7. The highest BCUT2D eigenvalue weighted by Crippen LogP contribution is 2.33. The zero-order chi connectivity index (χ0) is 36.0. The van der Waals surface area contributed by atoms with Crippen molar-refractivity contribution in [2.24, 2.45) is 5.92 Å². The smallest absolute Gasteiger partial charge is 0.241 e. The maximum atomic E-state index is 12.9. The fraction of sp³-hybridized carbons (Fsp3) is 0.537. The minimum atomic E-state index is -0.306. The maximum Gasteiger partial charge on any atom is 0.241 e. The third-order valence-electron chi connectivity index (χ3n) is 9.36.